The summed E-state index contributed by atoms with van der Waals surface area (Å²) in [6.45, 7) is 6.59. The van der Waals surface area contributed by atoms with E-state index in [9.17, 15) is 4.79 Å². The van der Waals surface area contributed by atoms with Crippen molar-refractivity contribution >= 4 is 6.29 Å². The molecule has 4 heteroatoms. The van der Waals surface area contributed by atoms with E-state index in [1.54, 1.807) is 0 Å². The Morgan fingerprint density at radius 1 is 1.56 bits per heavy atom. The van der Waals surface area contributed by atoms with Gasteiger partial charge in [-0.3, -0.25) is 4.79 Å². The largest absolute Gasteiger partial charge is 0.296 e. The summed E-state index contributed by atoms with van der Waals surface area (Å²) in [6.07, 6.45) is 3.97. The number of carbonyl (C=O) groups is 1. The number of hydrogen-bond acceptors (Lipinski definition) is 3. The lowest BCUT2D eigenvalue weighted by molar-refractivity contribution is 0.111. The third kappa shape index (κ3) is 2.15. The zero-order chi connectivity index (χ0) is 11.7. The summed E-state index contributed by atoms with van der Waals surface area (Å²) in [5, 5.41) is 8.07. The molecule has 1 fully saturated rings. The highest BCUT2D eigenvalue weighted by molar-refractivity contribution is 5.73. The van der Waals surface area contributed by atoms with Crippen LogP contribution in [0.4, 0.5) is 0 Å². The summed E-state index contributed by atoms with van der Waals surface area (Å²) in [7, 11) is 0. The second-order valence-electron chi connectivity index (χ2n) is 5.20. The zero-order valence-electron chi connectivity index (χ0n) is 10.2. The van der Waals surface area contributed by atoms with Crippen LogP contribution in [0.3, 0.4) is 0 Å². The molecule has 1 saturated carbocycles. The lowest BCUT2D eigenvalue weighted by atomic mass is 10.1. The van der Waals surface area contributed by atoms with E-state index in [1.165, 1.54) is 0 Å². The molecule has 16 heavy (non-hydrogen) atoms. The molecule has 0 saturated heterocycles. The maximum Gasteiger partial charge on any atom is 0.172 e. The minimum atomic E-state index is 0.475. The van der Waals surface area contributed by atoms with Crippen LogP contribution in [0.2, 0.25) is 0 Å². The number of hydrogen-bond donors (Lipinski definition) is 0. The number of aldehydes is 1. The van der Waals surface area contributed by atoms with Crippen LogP contribution in [-0.2, 0) is 6.42 Å². The monoisotopic (exact) mass is 221 g/mol. The van der Waals surface area contributed by atoms with E-state index in [0.29, 0.717) is 23.6 Å². The quantitative estimate of drug-likeness (QED) is 0.716. The van der Waals surface area contributed by atoms with E-state index in [0.717, 1.165) is 31.2 Å². The molecule has 0 N–H and O–H groups in total. The molecule has 4 nitrogen and oxygen atoms in total. The summed E-state index contributed by atoms with van der Waals surface area (Å²) < 4.78 is 1.97. The molecule has 0 spiro atoms. The van der Waals surface area contributed by atoms with Gasteiger partial charge in [0.05, 0.1) is 11.7 Å². The molecule has 1 aliphatic rings. The second kappa shape index (κ2) is 4.36. The number of aromatic nitrogens is 3. The van der Waals surface area contributed by atoms with Gasteiger partial charge in [-0.2, -0.15) is 0 Å². The van der Waals surface area contributed by atoms with E-state index in [4.69, 9.17) is 0 Å². The molecule has 0 bridgehead atoms. The van der Waals surface area contributed by atoms with Gasteiger partial charge in [0, 0.05) is 0 Å². The molecule has 0 aromatic carbocycles. The van der Waals surface area contributed by atoms with Crippen LogP contribution in [0.5, 0.6) is 0 Å². The predicted octanol–water partition coefficient (Wildman–Crippen LogP) is 2.26. The highest BCUT2D eigenvalue weighted by Gasteiger charge is 2.37. The lowest BCUT2D eigenvalue weighted by Gasteiger charge is -2.07. The summed E-state index contributed by atoms with van der Waals surface area (Å²) in [4.78, 5) is 10.9. The van der Waals surface area contributed by atoms with E-state index < -0.39 is 0 Å². The van der Waals surface area contributed by atoms with Gasteiger partial charge in [0.2, 0.25) is 0 Å². The molecule has 0 amide bonds. The summed E-state index contributed by atoms with van der Waals surface area (Å²) in [5.74, 6) is 1.32. The van der Waals surface area contributed by atoms with Gasteiger partial charge in [0.25, 0.3) is 0 Å². The smallest absolute Gasteiger partial charge is 0.172 e. The van der Waals surface area contributed by atoms with Gasteiger partial charge in [-0.15, -0.1) is 5.10 Å². The topological polar surface area (TPSA) is 47.8 Å². The fraction of sp³-hybridized carbons (Fsp3) is 0.750. The van der Waals surface area contributed by atoms with Gasteiger partial charge >= 0.3 is 0 Å². The molecule has 1 heterocycles. The van der Waals surface area contributed by atoms with E-state index in [1.807, 2.05) is 4.68 Å². The predicted molar refractivity (Wildman–Crippen MR) is 61.4 cm³/mol. The average molecular weight is 221 g/mol. The van der Waals surface area contributed by atoms with Crippen molar-refractivity contribution in [2.45, 2.75) is 46.1 Å². The Hall–Kier alpha value is -1.19. The average Bonchev–Trinajstić information content (AvgIpc) is 2.81. The third-order valence-electron chi connectivity index (χ3n) is 3.27. The van der Waals surface area contributed by atoms with Crippen LogP contribution in [0.15, 0.2) is 0 Å². The number of carbonyl (C=O) groups excluding carboxylic acids is 1. The van der Waals surface area contributed by atoms with Crippen LogP contribution in [0.25, 0.3) is 0 Å². The van der Waals surface area contributed by atoms with Crippen LogP contribution in [0.1, 0.15) is 55.8 Å². The lowest BCUT2D eigenvalue weighted by Crippen LogP contribution is -2.06. The van der Waals surface area contributed by atoms with Crippen molar-refractivity contribution < 1.29 is 4.79 Å². The Balaban J connectivity index is 2.17. The normalized spacial score (nSPS) is 23.8. The maximum atomic E-state index is 10.9. The van der Waals surface area contributed by atoms with Gasteiger partial charge < -0.3 is 0 Å². The van der Waals surface area contributed by atoms with Crippen LogP contribution < -0.4 is 0 Å². The molecular weight excluding hydrogens is 202 g/mol. The minimum absolute atomic E-state index is 0.475. The highest BCUT2D eigenvalue weighted by atomic mass is 16.1. The van der Waals surface area contributed by atoms with Crippen LogP contribution in [-0.4, -0.2) is 21.3 Å². The first-order valence-corrected chi connectivity index (χ1v) is 6.02. The fourth-order valence-electron chi connectivity index (χ4n) is 1.99. The molecule has 2 atom stereocenters. The van der Waals surface area contributed by atoms with Gasteiger partial charge in [-0.25, -0.2) is 4.68 Å². The van der Waals surface area contributed by atoms with Crippen molar-refractivity contribution in [2.75, 3.05) is 0 Å². The molecule has 88 valence electrons. The Kier molecular flexibility index (Phi) is 3.08. The standard InChI is InChI=1S/C12H19N3O/c1-8(2)4-5-11-10(7-16)13-14-15(11)12-6-9(12)3/h7-9,12H,4-6H2,1-3H3. The Morgan fingerprint density at radius 3 is 2.75 bits per heavy atom. The summed E-state index contributed by atoms with van der Waals surface area (Å²) in [5.41, 5.74) is 1.55. The van der Waals surface area contributed by atoms with Gasteiger partial charge in [-0.1, -0.05) is 26.0 Å². The SMILES string of the molecule is CC(C)CCc1c(C=O)nnn1C1CC1C. The molecule has 1 aromatic heterocycles. The van der Waals surface area contributed by atoms with Crippen molar-refractivity contribution in [1.29, 1.82) is 0 Å². The van der Waals surface area contributed by atoms with Gasteiger partial charge in [-0.05, 0) is 31.1 Å². The molecule has 2 rings (SSSR count). The zero-order valence-corrected chi connectivity index (χ0v) is 10.2. The number of rotatable bonds is 5. The second-order valence-corrected chi connectivity index (χ2v) is 5.20. The first kappa shape index (κ1) is 11.3. The van der Waals surface area contributed by atoms with Crippen molar-refractivity contribution in [3.8, 4) is 0 Å². The Labute approximate surface area is 96.0 Å². The molecule has 1 aliphatic carbocycles. The maximum absolute atomic E-state index is 10.9. The van der Waals surface area contributed by atoms with Gasteiger partial charge in [0.1, 0.15) is 5.69 Å². The van der Waals surface area contributed by atoms with E-state index in [2.05, 4.69) is 31.1 Å². The molecule has 0 aliphatic heterocycles. The van der Waals surface area contributed by atoms with Crippen molar-refractivity contribution in [1.82, 2.24) is 15.0 Å². The number of nitrogens with zero attached hydrogens (tertiary/aromatic N) is 3. The van der Waals surface area contributed by atoms with E-state index >= 15 is 0 Å². The molecule has 0 radical (unpaired) electrons. The third-order valence-corrected chi connectivity index (χ3v) is 3.27. The Morgan fingerprint density at radius 2 is 2.25 bits per heavy atom. The highest BCUT2D eigenvalue weighted by Crippen LogP contribution is 2.43. The van der Waals surface area contributed by atoms with Crippen molar-refractivity contribution in [3.63, 3.8) is 0 Å². The van der Waals surface area contributed by atoms with Crippen LogP contribution >= 0.6 is 0 Å². The first-order valence-electron chi connectivity index (χ1n) is 6.02. The first-order chi connectivity index (χ1) is 7.63. The van der Waals surface area contributed by atoms with Gasteiger partial charge in [0.15, 0.2) is 6.29 Å². The minimum Gasteiger partial charge on any atom is -0.296 e. The molecule has 1 aromatic rings. The molecule has 2 unspecified atom stereocenters. The summed E-state index contributed by atoms with van der Waals surface area (Å²) in [6, 6.07) is 0.475. The summed E-state index contributed by atoms with van der Waals surface area (Å²) >= 11 is 0. The van der Waals surface area contributed by atoms with Crippen LogP contribution in [0, 0.1) is 11.8 Å². The molecular formula is C12H19N3O. The fourth-order valence-corrected chi connectivity index (χ4v) is 1.99. The van der Waals surface area contributed by atoms with E-state index in [-0.39, 0.29) is 0 Å². The van der Waals surface area contributed by atoms with Crippen molar-refractivity contribution in [3.05, 3.63) is 11.4 Å². The van der Waals surface area contributed by atoms with Crippen molar-refractivity contribution in [2.24, 2.45) is 11.8 Å². The Bertz CT molecular complexity index is 384.